The molecular weight excluding hydrogens is 388 g/mol. The maximum Gasteiger partial charge on any atom is 0.407 e. The summed E-state index contributed by atoms with van der Waals surface area (Å²) in [4.78, 5) is 38.7. The van der Waals surface area contributed by atoms with Gasteiger partial charge in [-0.1, -0.05) is 42.5 Å². The average molecular weight is 406 g/mol. The van der Waals surface area contributed by atoms with E-state index in [1.54, 1.807) is 24.3 Å². The molecule has 1 aromatic heterocycles. The van der Waals surface area contributed by atoms with Crippen molar-refractivity contribution < 1.29 is 19.2 Å². The van der Waals surface area contributed by atoms with E-state index in [0.717, 1.165) is 11.1 Å². The van der Waals surface area contributed by atoms with Gasteiger partial charge in [-0.25, -0.2) is 9.78 Å². The molecule has 0 saturated heterocycles. The first kappa shape index (κ1) is 20.5. The summed E-state index contributed by atoms with van der Waals surface area (Å²) in [6.07, 6.45) is -0.562. The summed E-state index contributed by atoms with van der Waals surface area (Å²) in [6, 6.07) is 18.4. The number of carbonyl (C=O) groups excluding carboxylic acids is 2. The van der Waals surface area contributed by atoms with Crippen LogP contribution >= 0.6 is 0 Å². The molecule has 0 radical (unpaired) electrons. The van der Waals surface area contributed by atoms with Gasteiger partial charge in [-0.05, 0) is 23.8 Å². The fourth-order valence-electron chi connectivity index (χ4n) is 2.66. The highest BCUT2D eigenvalue weighted by molar-refractivity contribution is 6.04. The number of ether oxygens (including phenoxy) is 1. The van der Waals surface area contributed by atoms with Crippen molar-refractivity contribution in [1.82, 2.24) is 10.3 Å². The molecule has 0 atom stereocenters. The van der Waals surface area contributed by atoms with E-state index in [1.807, 2.05) is 30.3 Å². The molecule has 0 spiro atoms. The van der Waals surface area contributed by atoms with Crippen molar-refractivity contribution in [1.29, 1.82) is 0 Å². The van der Waals surface area contributed by atoms with Crippen LogP contribution < -0.4 is 10.6 Å². The minimum atomic E-state index is -0.598. The van der Waals surface area contributed by atoms with E-state index in [0.29, 0.717) is 5.69 Å². The minimum Gasteiger partial charge on any atom is -0.453 e. The summed E-state index contributed by atoms with van der Waals surface area (Å²) in [6.45, 7) is 0.237. The summed E-state index contributed by atoms with van der Waals surface area (Å²) in [7, 11) is 1.27. The zero-order chi connectivity index (χ0) is 21.5. The highest BCUT2D eigenvalue weighted by Crippen LogP contribution is 2.27. The van der Waals surface area contributed by atoms with Crippen LogP contribution in [0.25, 0.3) is 11.3 Å². The molecule has 30 heavy (non-hydrogen) atoms. The maximum atomic E-state index is 12.6. The number of hydrogen-bond donors (Lipinski definition) is 2. The molecular formula is C21H18N4O5. The molecule has 0 aliphatic carbocycles. The number of benzene rings is 2. The SMILES string of the molecule is COC(=O)NCc1ccc(C(=O)Nc2nc(-c3ccccc3)ccc2[N+](=O)[O-])cc1. The lowest BCUT2D eigenvalue weighted by Gasteiger charge is -2.09. The Balaban J connectivity index is 1.79. The van der Waals surface area contributed by atoms with Crippen LogP contribution in [0.4, 0.5) is 16.3 Å². The van der Waals surface area contributed by atoms with E-state index in [2.05, 4.69) is 20.4 Å². The molecule has 0 bridgehead atoms. The monoisotopic (exact) mass is 406 g/mol. The number of methoxy groups -OCH3 is 1. The molecule has 0 saturated carbocycles. The Hall–Kier alpha value is -4.27. The molecule has 2 N–H and O–H groups in total. The zero-order valence-electron chi connectivity index (χ0n) is 16.0. The Labute approximate surface area is 171 Å². The van der Waals surface area contributed by atoms with Crippen molar-refractivity contribution in [3.8, 4) is 11.3 Å². The van der Waals surface area contributed by atoms with E-state index >= 15 is 0 Å². The number of nitro groups is 1. The number of rotatable bonds is 6. The number of alkyl carbamates (subject to hydrolysis) is 1. The molecule has 9 heteroatoms. The molecule has 0 unspecified atom stereocenters. The van der Waals surface area contributed by atoms with Crippen LogP contribution in [0, 0.1) is 10.1 Å². The summed E-state index contributed by atoms with van der Waals surface area (Å²) in [5.74, 6) is -0.675. The van der Waals surface area contributed by atoms with E-state index in [9.17, 15) is 19.7 Å². The van der Waals surface area contributed by atoms with Crippen LogP contribution in [-0.4, -0.2) is 29.0 Å². The number of pyridine rings is 1. The quantitative estimate of drug-likeness (QED) is 0.474. The summed E-state index contributed by atoms with van der Waals surface area (Å²) >= 11 is 0. The van der Waals surface area contributed by atoms with Crippen LogP contribution in [0.1, 0.15) is 15.9 Å². The van der Waals surface area contributed by atoms with Gasteiger partial charge in [0, 0.05) is 23.7 Å². The Bertz CT molecular complexity index is 1070. The molecule has 9 nitrogen and oxygen atoms in total. The highest BCUT2D eigenvalue weighted by atomic mass is 16.6. The normalized spacial score (nSPS) is 10.2. The Morgan fingerprint density at radius 3 is 2.37 bits per heavy atom. The Morgan fingerprint density at radius 1 is 1.03 bits per heavy atom. The third kappa shape index (κ3) is 4.96. The molecule has 0 fully saturated rings. The predicted molar refractivity (Wildman–Crippen MR) is 110 cm³/mol. The summed E-state index contributed by atoms with van der Waals surface area (Å²) < 4.78 is 4.50. The van der Waals surface area contributed by atoms with Crippen LogP contribution in [0.5, 0.6) is 0 Å². The second kappa shape index (κ2) is 9.28. The first-order chi connectivity index (χ1) is 14.5. The van der Waals surface area contributed by atoms with Gasteiger partial charge in [0.05, 0.1) is 17.7 Å². The fraction of sp³-hybridized carbons (Fsp3) is 0.0952. The summed E-state index contributed by atoms with van der Waals surface area (Å²) in [5.41, 5.74) is 2.01. The number of carbonyl (C=O) groups is 2. The van der Waals surface area contributed by atoms with E-state index in [4.69, 9.17) is 0 Å². The van der Waals surface area contributed by atoms with Gasteiger partial charge < -0.3 is 15.4 Å². The lowest BCUT2D eigenvalue weighted by atomic mass is 10.1. The van der Waals surface area contributed by atoms with Gasteiger partial charge in [0.2, 0.25) is 5.82 Å². The van der Waals surface area contributed by atoms with Gasteiger partial charge >= 0.3 is 11.8 Å². The number of nitrogens with one attached hydrogen (secondary N) is 2. The molecule has 3 rings (SSSR count). The van der Waals surface area contributed by atoms with Gasteiger partial charge in [0.25, 0.3) is 5.91 Å². The molecule has 152 valence electrons. The molecule has 0 aliphatic heterocycles. The van der Waals surface area contributed by atoms with Gasteiger partial charge in [0.1, 0.15) is 0 Å². The van der Waals surface area contributed by atoms with Gasteiger partial charge in [0.15, 0.2) is 0 Å². The number of hydrogen-bond acceptors (Lipinski definition) is 6. The zero-order valence-corrected chi connectivity index (χ0v) is 16.0. The smallest absolute Gasteiger partial charge is 0.407 e. The van der Waals surface area contributed by atoms with Gasteiger partial charge in [-0.3, -0.25) is 14.9 Å². The molecule has 2 amide bonds. The van der Waals surface area contributed by atoms with Crippen LogP contribution in [-0.2, 0) is 11.3 Å². The Kier molecular flexibility index (Phi) is 6.33. The highest BCUT2D eigenvalue weighted by Gasteiger charge is 2.19. The third-order valence-electron chi connectivity index (χ3n) is 4.21. The largest absolute Gasteiger partial charge is 0.453 e. The van der Waals surface area contributed by atoms with Gasteiger partial charge in [-0.2, -0.15) is 0 Å². The molecule has 0 aliphatic rings. The fourth-order valence-corrected chi connectivity index (χ4v) is 2.66. The van der Waals surface area contributed by atoms with Crippen molar-refractivity contribution in [2.24, 2.45) is 0 Å². The second-order valence-corrected chi connectivity index (χ2v) is 6.18. The first-order valence-electron chi connectivity index (χ1n) is 8.91. The average Bonchev–Trinajstić information content (AvgIpc) is 2.78. The van der Waals surface area contributed by atoms with Crippen molar-refractivity contribution in [3.63, 3.8) is 0 Å². The lowest BCUT2D eigenvalue weighted by Crippen LogP contribution is -2.22. The number of anilines is 1. The van der Waals surface area contributed by atoms with Crippen molar-refractivity contribution in [2.45, 2.75) is 6.54 Å². The topological polar surface area (TPSA) is 123 Å². The molecule has 2 aromatic carbocycles. The van der Waals surface area contributed by atoms with Gasteiger partial charge in [-0.15, -0.1) is 0 Å². The molecule has 1 heterocycles. The van der Waals surface area contributed by atoms with E-state index in [-0.39, 0.29) is 23.6 Å². The lowest BCUT2D eigenvalue weighted by molar-refractivity contribution is -0.384. The standard InChI is InChI=1S/C21H18N4O5/c1-30-21(27)22-13-14-7-9-16(10-8-14)20(26)24-19-18(25(28)29)12-11-17(23-19)15-5-3-2-4-6-15/h2-12H,13H2,1H3,(H,22,27)(H,23,24,26). The molecule has 3 aromatic rings. The first-order valence-corrected chi connectivity index (χ1v) is 8.91. The van der Waals surface area contributed by atoms with Crippen LogP contribution in [0.15, 0.2) is 66.7 Å². The number of aromatic nitrogens is 1. The Morgan fingerprint density at radius 2 is 1.73 bits per heavy atom. The second-order valence-electron chi connectivity index (χ2n) is 6.18. The maximum absolute atomic E-state index is 12.6. The number of amides is 2. The van der Waals surface area contributed by atoms with Crippen molar-refractivity contribution in [3.05, 3.63) is 88.0 Å². The number of nitrogens with zero attached hydrogens (tertiary/aromatic N) is 2. The van der Waals surface area contributed by atoms with E-state index in [1.165, 1.54) is 19.2 Å². The van der Waals surface area contributed by atoms with Crippen LogP contribution in [0.3, 0.4) is 0 Å². The third-order valence-corrected chi connectivity index (χ3v) is 4.21. The van der Waals surface area contributed by atoms with Crippen LogP contribution in [0.2, 0.25) is 0 Å². The van der Waals surface area contributed by atoms with E-state index < -0.39 is 16.9 Å². The minimum absolute atomic E-state index is 0.136. The summed E-state index contributed by atoms with van der Waals surface area (Å²) in [5, 5.41) is 16.4. The van der Waals surface area contributed by atoms with Crippen molar-refractivity contribution in [2.75, 3.05) is 12.4 Å². The van der Waals surface area contributed by atoms with Crippen molar-refractivity contribution >= 4 is 23.5 Å². The predicted octanol–water partition coefficient (Wildman–Crippen LogP) is 3.77.